The van der Waals surface area contributed by atoms with Crippen molar-refractivity contribution in [2.75, 3.05) is 13.1 Å². The summed E-state index contributed by atoms with van der Waals surface area (Å²) in [7, 11) is 0. The van der Waals surface area contributed by atoms with E-state index in [0.717, 1.165) is 30.8 Å². The fourth-order valence-corrected chi connectivity index (χ4v) is 4.90. The number of benzene rings is 2. The van der Waals surface area contributed by atoms with Crippen LogP contribution in [0.25, 0.3) is 27.8 Å². The molecule has 2 aromatic carbocycles. The van der Waals surface area contributed by atoms with Crippen molar-refractivity contribution in [3.8, 4) is 16.8 Å². The first-order chi connectivity index (χ1) is 18.0. The third-order valence-corrected chi connectivity index (χ3v) is 7.07. The predicted molar refractivity (Wildman–Crippen MR) is 137 cm³/mol. The molecule has 0 radical (unpaired) electrons. The summed E-state index contributed by atoms with van der Waals surface area (Å²) >= 11 is 0. The molecular formula is C27H26FN7O2. The van der Waals surface area contributed by atoms with E-state index >= 15 is 0 Å². The second-order valence-corrected chi connectivity index (χ2v) is 9.63. The molecule has 0 amide bonds. The Kier molecular flexibility index (Phi) is 5.90. The van der Waals surface area contributed by atoms with Crippen LogP contribution >= 0.6 is 0 Å². The number of likely N-dealkylation sites (tertiary alicyclic amines) is 1. The number of rotatable bonds is 6. The molecule has 4 heterocycles. The molecule has 1 saturated heterocycles. The van der Waals surface area contributed by atoms with Crippen LogP contribution in [0.4, 0.5) is 4.39 Å². The first-order valence-corrected chi connectivity index (χ1v) is 12.2. The van der Waals surface area contributed by atoms with Gasteiger partial charge >= 0.3 is 0 Å². The van der Waals surface area contributed by atoms with Gasteiger partial charge in [-0.15, -0.1) is 0 Å². The Morgan fingerprint density at radius 1 is 1.00 bits per heavy atom. The van der Waals surface area contributed by atoms with Gasteiger partial charge in [-0.2, -0.15) is 10.2 Å². The Morgan fingerprint density at radius 3 is 2.46 bits per heavy atom. The molecular weight excluding hydrogens is 473 g/mol. The highest BCUT2D eigenvalue weighted by atomic mass is 19.1. The van der Waals surface area contributed by atoms with Crippen LogP contribution in [0.5, 0.6) is 0 Å². The Labute approximate surface area is 211 Å². The average Bonchev–Trinajstić information content (AvgIpc) is 3.59. The summed E-state index contributed by atoms with van der Waals surface area (Å²) in [5.74, 6) is -0.349. The van der Waals surface area contributed by atoms with Gasteiger partial charge in [0.1, 0.15) is 17.5 Å². The van der Waals surface area contributed by atoms with Gasteiger partial charge in [-0.25, -0.2) is 14.1 Å². The van der Waals surface area contributed by atoms with Crippen molar-refractivity contribution in [3.63, 3.8) is 0 Å². The molecule has 0 atom stereocenters. The zero-order valence-corrected chi connectivity index (χ0v) is 20.1. The third kappa shape index (κ3) is 4.68. The molecule has 0 aliphatic carbocycles. The number of aromatic amines is 1. The van der Waals surface area contributed by atoms with E-state index in [-0.39, 0.29) is 17.9 Å². The maximum atomic E-state index is 13.3. The van der Waals surface area contributed by atoms with E-state index in [1.54, 1.807) is 18.3 Å². The highest BCUT2D eigenvalue weighted by molar-refractivity contribution is 5.74. The van der Waals surface area contributed by atoms with Crippen LogP contribution in [-0.2, 0) is 13.1 Å². The fraction of sp³-hybridized carbons (Fsp3) is 0.259. The number of aliphatic hydroxyl groups is 1. The van der Waals surface area contributed by atoms with Gasteiger partial charge in [-0.3, -0.25) is 19.4 Å². The SMILES string of the molecule is O=c1c2cnn(-c3ccc(F)cc3)c2ncn1CC1(O)CCN(Cc2ccc(-c3cn[nH]c3)cc2)CC1. The van der Waals surface area contributed by atoms with Crippen LogP contribution in [0.2, 0.25) is 0 Å². The third-order valence-electron chi connectivity index (χ3n) is 7.07. The maximum Gasteiger partial charge on any atom is 0.264 e. The Morgan fingerprint density at radius 2 is 1.76 bits per heavy atom. The minimum Gasteiger partial charge on any atom is -0.388 e. The van der Waals surface area contributed by atoms with E-state index in [2.05, 4.69) is 49.4 Å². The summed E-state index contributed by atoms with van der Waals surface area (Å²) in [4.78, 5) is 19.9. The van der Waals surface area contributed by atoms with Gasteiger partial charge in [0.05, 0.1) is 30.2 Å². The highest BCUT2D eigenvalue weighted by Crippen LogP contribution is 2.26. The van der Waals surface area contributed by atoms with Crippen LogP contribution in [-0.4, -0.2) is 58.2 Å². The number of halogens is 1. The fourth-order valence-electron chi connectivity index (χ4n) is 4.90. The lowest BCUT2D eigenvalue weighted by Crippen LogP contribution is -2.47. The summed E-state index contributed by atoms with van der Waals surface area (Å²) < 4.78 is 16.3. The van der Waals surface area contributed by atoms with Gasteiger partial charge < -0.3 is 5.11 Å². The van der Waals surface area contributed by atoms with Gasteiger partial charge in [0.2, 0.25) is 0 Å². The van der Waals surface area contributed by atoms with Gasteiger partial charge in [0, 0.05) is 31.4 Å². The first-order valence-electron chi connectivity index (χ1n) is 12.2. The zero-order valence-electron chi connectivity index (χ0n) is 20.1. The topological polar surface area (TPSA) is 105 Å². The Bertz CT molecular complexity index is 1570. The molecule has 188 valence electrons. The van der Waals surface area contributed by atoms with Crippen molar-refractivity contribution in [1.29, 1.82) is 0 Å². The molecule has 37 heavy (non-hydrogen) atoms. The molecule has 10 heteroatoms. The van der Waals surface area contributed by atoms with Crippen molar-refractivity contribution < 1.29 is 9.50 Å². The quantitative estimate of drug-likeness (QED) is 0.372. The zero-order chi connectivity index (χ0) is 25.4. The highest BCUT2D eigenvalue weighted by Gasteiger charge is 2.33. The maximum absolute atomic E-state index is 13.3. The minimum absolute atomic E-state index is 0.170. The summed E-state index contributed by atoms with van der Waals surface area (Å²) in [6.07, 6.45) is 7.71. The Hall–Kier alpha value is -4.15. The van der Waals surface area contributed by atoms with E-state index in [0.29, 0.717) is 29.6 Å². The van der Waals surface area contributed by atoms with Crippen LogP contribution in [0.15, 0.2) is 78.2 Å². The minimum atomic E-state index is -0.992. The molecule has 0 spiro atoms. The summed E-state index contributed by atoms with van der Waals surface area (Å²) in [5.41, 5.74) is 3.14. The molecule has 0 bridgehead atoms. The number of piperidine rings is 1. The number of aromatic nitrogens is 6. The Balaban J connectivity index is 1.11. The van der Waals surface area contributed by atoms with Crippen LogP contribution < -0.4 is 5.56 Å². The van der Waals surface area contributed by atoms with Crippen molar-refractivity contribution in [1.82, 2.24) is 34.4 Å². The van der Waals surface area contributed by atoms with Gasteiger partial charge in [0.15, 0.2) is 5.65 Å². The molecule has 9 nitrogen and oxygen atoms in total. The second kappa shape index (κ2) is 9.38. The predicted octanol–water partition coefficient (Wildman–Crippen LogP) is 3.14. The van der Waals surface area contributed by atoms with Gasteiger partial charge in [0.25, 0.3) is 5.56 Å². The smallest absolute Gasteiger partial charge is 0.264 e. The number of hydrogen-bond acceptors (Lipinski definition) is 6. The molecule has 1 aliphatic rings. The molecule has 1 fully saturated rings. The molecule has 0 saturated carbocycles. The van der Waals surface area contributed by atoms with Crippen LogP contribution in [0, 0.1) is 5.82 Å². The number of H-pyrrole nitrogens is 1. The number of fused-ring (bicyclic) bond motifs is 1. The molecule has 5 aromatic rings. The molecule has 6 rings (SSSR count). The van der Waals surface area contributed by atoms with E-state index in [4.69, 9.17) is 0 Å². The molecule has 1 aliphatic heterocycles. The number of hydrogen-bond donors (Lipinski definition) is 2. The van der Waals surface area contributed by atoms with Crippen molar-refractivity contribution in [3.05, 3.63) is 95.2 Å². The van der Waals surface area contributed by atoms with E-state index in [1.807, 2.05) is 6.20 Å². The van der Waals surface area contributed by atoms with Crippen molar-refractivity contribution in [2.24, 2.45) is 0 Å². The number of nitrogens with zero attached hydrogens (tertiary/aromatic N) is 6. The standard InChI is InChI=1S/C27H26FN7O2/c28-22-5-7-23(8-6-22)35-25-24(15-32-35)26(36)34(18-29-25)17-27(37)9-11-33(12-10-27)16-19-1-3-20(4-2-19)21-13-30-31-14-21/h1-8,13-15,18,37H,9-12,16-17H2,(H,30,31). The van der Waals surface area contributed by atoms with Crippen molar-refractivity contribution >= 4 is 11.0 Å². The first kappa shape index (κ1) is 23.3. The summed E-state index contributed by atoms with van der Waals surface area (Å²) in [6.45, 7) is 2.43. The lowest BCUT2D eigenvalue weighted by atomic mass is 9.91. The van der Waals surface area contributed by atoms with Crippen LogP contribution in [0.1, 0.15) is 18.4 Å². The lowest BCUT2D eigenvalue weighted by Gasteiger charge is -2.38. The average molecular weight is 500 g/mol. The van der Waals surface area contributed by atoms with Crippen LogP contribution in [0.3, 0.4) is 0 Å². The second-order valence-electron chi connectivity index (χ2n) is 9.63. The van der Waals surface area contributed by atoms with E-state index in [9.17, 15) is 14.3 Å². The monoisotopic (exact) mass is 499 g/mol. The summed E-state index contributed by atoms with van der Waals surface area (Å²) in [5, 5.41) is 22.7. The number of nitrogens with one attached hydrogen (secondary N) is 1. The van der Waals surface area contributed by atoms with Gasteiger partial charge in [-0.05, 0) is 48.2 Å². The van der Waals surface area contributed by atoms with E-state index < -0.39 is 5.60 Å². The molecule has 3 aromatic heterocycles. The largest absolute Gasteiger partial charge is 0.388 e. The molecule has 2 N–H and O–H groups in total. The molecule has 0 unspecified atom stereocenters. The van der Waals surface area contributed by atoms with Gasteiger partial charge in [-0.1, -0.05) is 24.3 Å². The normalized spacial score (nSPS) is 15.8. The van der Waals surface area contributed by atoms with Crippen molar-refractivity contribution in [2.45, 2.75) is 31.5 Å². The van der Waals surface area contributed by atoms with E-state index in [1.165, 1.54) is 39.5 Å². The summed E-state index contributed by atoms with van der Waals surface area (Å²) in [6, 6.07) is 14.3. The lowest BCUT2D eigenvalue weighted by molar-refractivity contribution is -0.0364.